The highest BCUT2D eigenvalue weighted by Crippen LogP contribution is 2.35. The van der Waals surface area contributed by atoms with Crippen LogP contribution in [0.25, 0.3) is 21.9 Å². The van der Waals surface area contributed by atoms with Crippen LogP contribution in [-0.2, 0) is 14.8 Å². The van der Waals surface area contributed by atoms with Gasteiger partial charge >= 0.3 is 0 Å². The zero-order valence-corrected chi connectivity index (χ0v) is 24.9. The number of ether oxygens (including phenoxy) is 2. The maximum absolute atomic E-state index is 13.3. The van der Waals surface area contributed by atoms with E-state index < -0.39 is 34.6 Å². The van der Waals surface area contributed by atoms with Crippen LogP contribution in [0.1, 0.15) is 22.9 Å². The van der Waals surface area contributed by atoms with E-state index in [2.05, 4.69) is 26.8 Å². The van der Waals surface area contributed by atoms with E-state index in [1.165, 1.54) is 43.3 Å². The predicted octanol–water partition coefficient (Wildman–Crippen LogP) is 1.78. The number of nitriles is 1. The number of nitrogens with two attached hydrogens (primary N) is 1. The summed E-state index contributed by atoms with van der Waals surface area (Å²) in [4.78, 5) is 12.7. The number of anilines is 1. The number of aliphatic hydroxyl groups is 2. The topological polar surface area (TPSA) is 190 Å². The second kappa shape index (κ2) is 11.8. The molecule has 228 valence electrons. The molecule has 3 aromatic heterocycles. The van der Waals surface area contributed by atoms with Crippen molar-refractivity contribution in [2.75, 3.05) is 26.4 Å². The van der Waals surface area contributed by atoms with E-state index in [0.29, 0.717) is 22.2 Å². The Labute approximate surface area is 258 Å². The maximum atomic E-state index is 13.3. The van der Waals surface area contributed by atoms with E-state index >= 15 is 0 Å². The van der Waals surface area contributed by atoms with Crippen LogP contribution >= 0.6 is 0 Å². The molecule has 0 radical (unpaired) electrons. The van der Waals surface area contributed by atoms with Crippen LogP contribution in [0, 0.1) is 23.2 Å². The molecule has 5 aromatic rings. The monoisotopic (exact) mass is 625 g/mol. The number of para-hydroxylation sites is 1. The molecule has 4 N–H and O–H groups in total. The Morgan fingerprint density at radius 1 is 1.09 bits per heavy atom. The van der Waals surface area contributed by atoms with Crippen molar-refractivity contribution in [3.63, 3.8) is 0 Å². The van der Waals surface area contributed by atoms with E-state index in [0.717, 1.165) is 15.2 Å². The molecule has 1 aliphatic rings. The average Bonchev–Trinajstić information content (AvgIpc) is 3.56. The number of hydrogen-bond acceptors (Lipinski definition) is 11. The van der Waals surface area contributed by atoms with Crippen molar-refractivity contribution in [1.29, 1.82) is 5.26 Å². The number of aromatic nitrogens is 4. The molecule has 0 saturated carbocycles. The minimum Gasteiger partial charge on any atom is -0.495 e. The van der Waals surface area contributed by atoms with Gasteiger partial charge in [-0.3, -0.25) is 4.98 Å². The fourth-order valence-electron chi connectivity index (χ4n) is 5.25. The van der Waals surface area contributed by atoms with Gasteiger partial charge in [0.05, 0.1) is 34.0 Å². The van der Waals surface area contributed by atoms with Crippen LogP contribution in [0.15, 0.2) is 72.1 Å². The summed E-state index contributed by atoms with van der Waals surface area (Å²) < 4.78 is 40.3. The van der Waals surface area contributed by atoms with E-state index in [1.54, 1.807) is 12.4 Å². The summed E-state index contributed by atoms with van der Waals surface area (Å²) in [6, 6.07) is 15.4. The standard InChI is InChI=1S/C31H27N7O6S/c1-37(45(41,42)22-9-10-24(43-2)21(12-22)13-32)16-25-27(39)28(40)31(44-25)38-15-20(26-29(33)35-17-36-30(26)38)8-7-18-11-19-5-3-4-6-23(19)34-14-18/h3-6,9-12,14-15,17,25,27-28,31,39-40H,16H2,1-2H3,(H2,33,35,36)/t25-,27?,28+,31-/m1/s1. The van der Waals surface area contributed by atoms with E-state index in [-0.39, 0.29) is 28.6 Å². The fourth-order valence-corrected chi connectivity index (χ4v) is 6.46. The normalized spacial score (nSPS) is 19.8. The molecule has 1 aliphatic heterocycles. The summed E-state index contributed by atoms with van der Waals surface area (Å²) in [6.45, 7) is -0.303. The van der Waals surface area contributed by atoms with Gasteiger partial charge in [0.25, 0.3) is 0 Å². The lowest BCUT2D eigenvalue weighted by atomic mass is 10.1. The SMILES string of the molecule is COc1ccc(S(=O)(=O)N(C)C[C@H]2O[C@@H](n3cc(C#Cc4cnc5ccccc5c4)c4c(N)ncnc43)[C@@H](O)C2O)cc1C#N. The molecule has 0 spiro atoms. The minimum absolute atomic E-state index is 0.0520. The van der Waals surface area contributed by atoms with Crippen LogP contribution in [0.5, 0.6) is 5.75 Å². The highest BCUT2D eigenvalue weighted by Gasteiger charge is 2.45. The molecule has 45 heavy (non-hydrogen) atoms. The van der Waals surface area contributed by atoms with Crippen molar-refractivity contribution >= 4 is 37.8 Å². The zero-order valence-electron chi connectivity index (χ0n) is 24.1. The quantitative estimate of drug-likeness (QED) is 0.233. The average molecular weight is 626 g/mol. The molecule has 1 fully saturated rings. The van der Waals surface area contributed by atoms with Crippen LogP contribution in [-0.4, -0.2) is 81.5 Å². The van der Waals surface area contributed by atoms with Crippen molar-refractivity contribution in [1.82, 2.24) is 23.8 Å². The number of sulfonamides is 1. The van der Waals surface area contributed by atoms with Crippen LogP contribution in [0.4, 0.5) is 5.82 Å². The zero-order chi connectivity index (χ0) is 31.9. The third-order valence-corrected chi connectivity index (χ3v) is 9.44. The predicted molar refractivity (Wildman–Crippen MR) is 163 cm³/mol. The number of nitrogens with zero attached hydrogens (tertiary/aromatic N) is 6. The Hall–Kier alpha value is -5.09. The van der Waals surface area contributed by atoms with Gasteiger partial charge in [-0.2, -0.15) is 9.57 Å². The first kappa shape index (κ1) is 30.0. The number of benzene rings is 2. The number of methoxy groups -OCH3 is 1. The highest BCUT2D eigenvalue weighted by molar-refractivity contribution is 7.89. The number of likely N-dealkylation sites (N-methyl/N-ethyl adjacent to an activating group) is 1. The van der Waals surface area contributed by atoms with Crippen molar-refractivity contribution in [2.24, 2.45) is 0 Å². The van der Waals surface area contributed by atoms with Gasteiger partial charge < -0.3 is 30.0 Å². The summed E-state index contributed by atoms with van der Waals surface area (Å²) >= 11 is 0. The van der Waals surface area contributed by atoms with Gasteiger partial charge in [-0.05, 0) is 30.3 Å². The fraction of sp³-hybridized carbons (Fsp3) is 0.226. The largest absolute Gasteiger partial charge is 0.495 e. The molecular formula is C31H27N7O6S. The Morgan fingerprint density at radius 2 is 1.89 bits per heavy atom. The van der Waals surface area contributed by atoms with Gasteiger partial charge in [-0.25, -0.2) is 18.4 Å². The third-order valence-electron chi connectivity index (χ3n) is 7.62. The van der Waals surface area contributed by atoms with Gasteiger partial charge in [0, 0.05) is 36.9 Å². The lowest BCUT2D eigenvalue weighted by Crippen LogP contribution is -2.40. The van der Waals surface area contributed by atoms with Gasteiger partial charge in [-0.15, -0.1) is 0 Å². The minimum atomic E-state index is -4.10. The van der Waals surface area contributed by atoms with Crippen molar-refractivity contribution < 1.29 is 28.1 Å². The Morgan fingerprint density at radius 3 is 2.67 bits per heavy atom. The smallest absolute Gasteiger partial charge is 0.242 e. The van der Waals surface area contributed by atoms with Crippen LogP contribution < -0.4 is 10.5 Å². The molecule has 1 saturated heterocycles. The third kappa shape index (κ3) is 5.42. The Balaban J connectivity index is 1.29. The Kier molecular flexibility index (Phi) is 7.84. The first-order valence-corrected chi connectivity index (χ1v) is 15.1. The Bertz CT molecular complexity index is 2150. The molecule has 0 aliphatic carbocycles. The first-order valence-electron chi connectivity index (χ1n) is 13.7. The summed E-state index contributed by atoms with van der Waals surface area (Å²) in [5.41, 5.74) is 8.54. The molecule has 0 amide bonds. The molecular weight excluding hydrogens is 598 g/mol. The van der Waals surface area contributed by atoms with Crippen molar-refractivity contribution in [3.8, 4) is 23.7 Å². The maximum Gasteiger partial charge on any atom is 0.242 e. The van der Waals surface area contributed by atoms with Crippen molar-refractivity contribution in [3.05, 3.63) is 83.9 Å². The summed E-state index contributed by atoms with van der Waals surface area (Å²) in [5, 5.41) is 32.7. The molecule has 6 rings (SSSR count). The molecule has 14 heteroatoms. The molecule has 2 aromatic carbocycles. The number of aliphatic hydroxyl groups excluding tert-OH is 2. The number of hydrogen-bond donors (Lipinski definition) is 3. The molecule has 1 unspecified atom stereocenters. The number of pyridine rings is 1. The van der Waals surface area contributed by atoms with Gasteiger partial charge in [-0.1, -0.05) is 30.0 Å². The van der Waals surface area contributed by atoms with Crippen LogP contribution in [0.3, 0.4) is 0 Å². The van der Waals surface area contributed by atoms with Gasteiger partial charge in [0.2, 0.25) is 10.0 Å². The van der Waals surface area contributed by atoms with E-state index in [9.17, 15) is 23.9 Å². The van der Waals surface area contributed by atoms with E-state index in [4.69, 9.17) is 15.2 Å². The summed E-state index contributed by atoms with van der Waals surface area (Å²) in [6.07, 6.45) is -0.644. The van der Waals surface area contributed by atoms with Gasteiger partial charge in [0.1, 0.15) is 47.9 Å². The second-order valence-electron chi connectivity index (χ2n) is 10.4. The van der Waals surface area contributed by atoms with Crippen molar-refractivity contribution in [2.45, 2.75) is 29.4 Å². The molecule has 4 heterocycles. The highest BCUT2D eigenvalue weighted by atomic mass is 32.2. The summed E-state index contributed by atoms with van der Waals surface area (Å²) in [7, 11) is -1.41. The molecule has 0 bridgehead atoms. The second-order valence-corrected chi connectivity index (χ2v) is 12.4. The molecule has 4 atom stereocenters. The lowest BCUT2D eigenvalue weighted by molar-refractivity contribution is -0.0373. The lowest BCUT2D eigenvalue weighted by Gasteiger charge is -2.23. The number of nitrogen functional groups attached to an aromatic ring is 1. The molecule has 13 nitrogen and oxygen atoms in total. The number of fused-ring (bicyclic) bond motifs is 2. The van der Waals surface area contributed by atoms with E-state index in [1.807, 2.05) is 36.4 Å². The van der Waals surface area contributed by atoms with Gasteiger partial charge in [0.15, 0.2) is 6.23 Å². The first-order chi connectivity index (χ1) is 21.6. The number of rotatable bonds is 6. The van der Waals surface area contributed by atoms with Crippen LogP contribution in [0.2, 0.25) is 0 Å². The summed E-state index contributed by atoms with van der Waals surface area (Å²) in [5.74, 6) is 6.57.